The number of allylic oxidation sites excluding steroid dienone is 1. The second-order valence-corrected chi connectivity index (χ2v) is 10.2. The largest absolute Gasteiger partial charge is 0.455 e. The Kier molecular flexibility index (Phi) is 10.5. The standard InChI is InChI=1S/C26H28F3N3O5S/c1-4-12-38(35,36)31-22-10-8-19(9-11-22)25(34)21(15-30)14-20-7-6-18(3)13-23(20)32(5-2)16-24(33)37-17-26(27,28)29/h6-11,13-14,31H,4-5,12,16-17H2,1-3H3. The lowest BCUT2D eigenvalue weighted by atomic mass is 10.00. The summed E-state index contributed by atoms with van der Waals surface area (Å²) in [6, 6.07) is 12.5. The van der Waals surface area contributed by atoms with Crippen LogP contribution in [-0.2, 0) is 19.6 Å². The first-order valence-corrected chi connectivity index (χ1v) is 13.3. The van der Waals surface area contributed by atoms with Gasteiger partial charge < -0.3 is 9.64 Å². The minimum Gasteiger partial charge on any atom is -0.455 e. The van der Waals surface area contributed by atoms with Crippen molar-refractivity contribution in [3.63, 3.8) is 0 Å². The molecule has 12 heteroatoms. The van der Waals surface area contributed by atoms with Gasteiger partial charge in [-0.25, -0.2) is 8.42 Å². The van der Waals surface area contributed by atoms with Crippen LogP contribution in [0.1, 0.15) is 41.8 Å². The molecule has 2 aromatic carbocycles. The Morgan fingerprint density at radius 3 is 2.34 bits per heavy atom. The fourth-order valence-electron chi connectivity index (χ4n) is 3.43. The number of carbonyl (C=O) groups excluding carboxylic acids is 2. The summed E-state index contributed by atoms with van der Waals surface area (Å²) < 4.78 is 67.8. The number of sulfonamides is 1. The minimum absolute atomic E-state index is 0.0529. The molecule has 0 unspecified atom stereocenters. The summed E-state index contributed by atoms with van der Waals surface area (Å²) in [6.45, 7) is 3.27. The Balaban J connectivity index is 2.32. The van der Waals surface area contributed by atoms with Crippen molar-refractivity contribution in [1.82, 2.24) is 0 Å². The third kappa shape index (κ3) is 9.23. The van der Waals surface area contributed by atoms with E-state index in [4.69, 9.17) is 0 Å². The third-order valence-corrected chi connectivity index (χ3v) is 6.68. The van der Waals surface area contributed by atoms with Crippen LogP contribution in [0, 0.1) is 18.3 Å². The third-order valence-electron chi connectivity index (χ3n) is 5.18. The number of hydrogen-bond donors (Lipinski definition) is 1. The lowest BCUT2D eigenvalue weighted by Gasteiger charge is -2.24. The summed E-state index contributed by atoms with van der Waals surface area (Å²) in [5.74, 6) is -1.75. The van der Waals surface area contributed by atoms with Gasteiger partial charge in [-0.05, 0) is 67.8 Å². The van der Waals surface area contributed by atoms with Gasteiger partial charge in [0.1, 0.15) is 18.2 Å². The van der Waals surface area contributed by atoms with Crippen LogP contribution in [0.2, 0.25) is 0 Å². The van der Waals surface area contributed by atoms with Crippen molar-refractivity contribution in [3.8, 4) is 6.07 Å². The highest BCUT2D eigenvalue weighted by Gasteiger charge is 2.30. The number of benzene rings is 2. The van der Waals surface area contributed by atoms with E-state index in [1.165, 1.54) is 35.2 Å². The molecular weight excluding hydrogens is 523 g/mol. The number of nitriles is 1. The Bertz CT molecular complexity index is 1330. The average molecular weight is 552 g/mol. The predicted molar refractivity (Wildman–Crippen MR) is 138 cm³/mol. The maximum Gasteiger partial charge on any atom is 0.422 e. The maximum atomic E-state index is 13.0. The molecule has 0 aliphatic rings. The molecule has 0 atom stereocenters. The number of aryl methyl sites for hydroxylation is 1. The van der Waals surface area contributed by atoms with Crippen LogP contribution in [0.5, 0.6) is 0 Å². The first-order valence-electron chi connectivity index (χ1n) is 11.6. The van der Waals surface area contributed by atoms with Gasteiger partial charge in [-0.15, -0.1) is 0 Å². The van der Waals surface area contributed by atoms with Gasteiger partial charge in [0.2, 0.25) is 15.8 Å². The molecule has 8 nitrogen and oxygen atoms in total. The van der Waals surface area contributed by atoms with Gasteiger partial charge >= 0.3 is 12.1 Å². The Labute approximate surface area is 219 Å². The van der Waals surface area contributed by atoms with E-state index in [1.807, 2.05) is 6.07 Å². The van der Waals surface area contributed by atoms with Crippen LogP contribution in [-0.4, -0.2) is 51.8 Å². The monoisotopic (exact) mass is 551 g/mol. The zero-order chi connectivity index (χ0) is 28.5. The van der Waals surface area contributed by atoms with Gasteiger partial charge in [0.15, 0.2) is 6.61 Å². The van der Waals surface area contributed by atoms with E-state index in [9.17, 15) is 36.4 Å². The molecule has 0 spiro atoms. The van der Waals surface area contributed by atoms with Crippen LogP contribution in [0.4, 0.5) is 24.5 Å². The zero-order valence-electron chi connectivity index (χ0n) is 21.1. The molecule has 1 N–H and O–H groups in total. The minimum atomic E-state index is -4.65. The summed E-state index contributed by atoms with van der Waals surface area (Å²) in [7, 11) is -3.51. The highest BCUT2D eigenvalue weighted by atomic mass is 32.2. The molecule has 0 amide bonds. The number of alkyl halides is 3. The normalized spacial score (nSPS) is 12.0. The second-order valence-electron chi connectivity index (χ2n) is 8.35. The van der Waals surface area contributed by atoms with E-state index < -0.39 is 41.1 Å². The molecular formula is C26H28F3N3O5S. The Morgan fingerprint density at radius 1 is 1.13 bits per heavy atom. The van der Waals surface area contributed by atoms with Crippen molar-refractivity contribution in [1.29, 1.82) is 5.26 Å². The van der Waals surface area contributed by atoms with E-state index in [0.717, 1.165) is 5.56 Å². The fraction of sp³-hybridized carbons (Fsp3) is 0.346. The van der Waals surface area contributed by atoms with Crippen molar-refractivity contribution in [2.24, 2.45) is 0 Å². The summed E-state index contributed by atoms with van der Waals surface area (Å²) in [4.78, 5) is 26.5. The van der Waals surface area contributed by atoms with Crippen molar-refractivity contribution in [3.05, 3.63) is 64.7 Å². The number of halogens is 3. The molecule has 2 rings (SSSR count). The first-order chi connectivity index (χ1) is 17.8. The van der Waals surface area contributed by atoms with E-state index in [2.05, 4.69) is 9.46 Å². The molecule has 0 aromatic heterocycles. The van der Waals surface area contributed by atoms with Gasteiger partial charge in [-0.3, -0.25) is 14.3 Å². The van der Waals surface area contributed by atoms with Crippen molar-refractivity contribution in [2.45, 2.75) is 33.4 Å². The molecule has 0 bridgehead atoms. The van der Waals surface area contributed by atoms with Crippen LogP contribution >= 0.6 is 0 Å². The number of hydrogen-bond acceptors (Lipinski definition) is 7. The molecule has 0 radical (unpaired) electrons. The van der Waals surface area contributed by atoms with Crippen LogP contribution in [0.25, 0.3) is 6.08 Å². The molecule has 0 aliphatic heterocycles. The zero-order valence-corrected chi connectivity index (χ0v) is 21.9. The highest BCUT2D eigenvalue weighted by Crippen LogP contribution is 2.26. The van der Waals surface area contributed by atoms with Gasteiger partial charge in [0, 0.05) is 23.5 Å². The lowest BCUT2D eigenvalue weighted by molar-refractivity contribution is -0.185. The topological polar surface area (TPSA) is 117 Å². The SMILES string of the molecule is CCCS(=O)(=O)Nc1ccc(C(=O)C(C#N)=Cc2ccc(C)cc2N(CC)CC(=O)OCC(F)(F)F)cc1. The fourth-order valence-corrected chi connectivity index (χ4v) is 4.56. The maximum absolute atomic E-state index is 13.0. The summed E-state index contributed by atoms with van der Waals surface area (Å²) >= 11 is 0. The first kappa shape index (κ1) is 30.4. The quantitative estimate of drug-likeness (QED) is 0.173. The van der Waals surface area contributed by atoms with Gasteiger partial charge in [0.05, 0.1) is 5.75 Å². The number of esters is 1. The number of likely N-dealkylation sites (N-methyl/N-ethyl adjacent to an activating group) is 1. The van der Waals surface area contributed by atoms with Gasteiger partial charge in [-0.1, -0.05) is 19.1 Å². The van der Waals surface area contributed by atoms with Gasteiger partial charge in [0.25, 0.3) is 0 Å². The molecule has 0 heterocycles. The van der Waals surface area contributed by atoms with E-state index in [-0.39, 0.29) is 29.1 Å². The number of Topliss-reactive ketones (excluding diaryl/α,β-unsaturated/α-hetero) is 1. The number of carbonyl (C=O) groups is 2. The van der Waals surface area contributed by atoms with Crippen LogP contribution < -0.4 is 9.62 Å². The number of nitrogens with one attached hydrogen (secondary N) is 1. The Hall–Kier alpha value is -3.85. The molecule has 0 saturated carbocycles. The molecule has 0 saturated heterocycles. The van der Waals surface area contributed by atoms with Crippen LogP contribution in [0.15, 0.2) is 48.0 Å². The summed E-state index contributed by atoms with van der Waals surface area (Å²) in [6.07, 6.45) is -2.88. The van der Waals surface area contributed by atoms with Crippen molar-refractivity contribution in [2.75, 3.05) is 35.1 Å². The molecule has 38 heavy (non-hydrogen) atoms. The van der Waals surface area contributed by atoms with Gasteiger partial charge in [-0.2, -0.15) is 18.4 Å². The second kappa shape index (κ2) is 13.1. The molecule has 204 valence electrons. The lowest BCUT2D eigenvalue weighted by Crippen LogP contribution is -2.33. The van der Waals surface area contributed by atoms with E-state index in [0.29, 0.717) is 17.7 Å². The van der Waals surface area contributed by atoms with Crippen LogP contribution in [0.3, 0.4) is 0 Å². The number of rotatable bonds is 12. The highest BCUT2D eigenvalue weighted by molar-refractivity contribution is 7.92. The van der Waals surface area contributed by atoms with Crippen molar-refractivity contribution >= 4 is 39.2 Å². The number of anilines is 2. The number of ether oxygens (including phenoxy) is 1. The summed E-state index contributed by atoms with van der Waals surface area (Å²) in [5, 5.41) is 9.69. The molecule has 2 aromatic rings. The number of ketones is 1. The molecule has 0 fully saturated rings. The number of nitrogens with zero attached hydrogens (tertiary/aromatic N) is 2. The molecule has 0 aliphatic carbocycles. The average Bonchev–Trinajstić information content (AvgIpc) is 2.84. The van der Waals surface area contributed by atoms with E-state index in [1.54, 1.807) is 39.0 Å². The van der Waals surface area contributed by atoms with E-state index >= 15 is 0 Å². The summed E-state index contributed by atoms with van der Waals surface area (Å²) in [5.41, 5.74) is 1.80. The Morgan fingerprint density at radius 2 is 1.79 bits per heavy atom. The van der Waals surface area contributed by atoms with Crippen molar-refractivity contribution < 1.29 is 35.9 Å². The predicted octanol–water partition coefficient (Wildman–Crippen LogP) is 4.87. The smallest absolute Gasteiger partial charge is 0.422 e.